The Hall–Kier alpha value is -2.11. The summed E-state index contributed by atoms with van der Waals surface area (Å²) in [4.78, 5) is 24.0. The average Bonchev–Trinajstić information content (AvgIpc) is 2.25. The molecular weight excluding hydrogens is 227 g/mol. The van der Waals surface area contributed by atoms with Crippen LogP contribution in [0.15, 0.2) is 18.2 Å². The van der Waals surface area contributed by atoms with Crippen molar-refractivity contribution in [3.63, 3.8) is 0 Å². The van der Waals surface area contributed by atoms with Crippen molar-refractivity contribution in [1.82, 2.24) is 10.2 Å². The number of benzene rings is 1. The molecule has 1 aromatic carbocycles. The molecule has 0 unspecified atom stereocenters. The molecule has 1 rings (SSSR count). The summed E-state index contributed by atoms with van der Waals surface area (Å²) in [5.41, 5.74) is -0.214. The van der Waals surface area contributed by atoms with Gasteiger partial charge in [-0.15, -0.1) is 0 Å². The molecule has 0 aliphatic heterocycles. The number of halogens is 1. The summed E-state index contributed by atoms with van der Waals surface area (Å²) in [6.07, 6.45) is 0. The number of aromatic hydroxyl groups is 1. The highest BCUT2D eigenvalue weighted by Gasteiger charge is 2.13. The molecular formula is C11H13FN2O3. The maximum Gasteiger partial charge on any atom is 0.254 e. The Morgan fingerprint density at radius 1 is 1.41 bits per heavy atom. The van der Waals surface area contributed by atoms with Gasteiger partial charge >= 0.3 is 0 Å². The fourth-order valence-electron chi connectivity index (χ4n) is 1.10. The molecule has 5 nitrogen and oxygen atoms in total. The number of phenolic OH excluding ortho intramolecular Hbond substituents is 1. The SMILES string of the molecule is CN(C)C(=O)CNC(=O)c1ccc(O)cc1F. The van der Waals surface area contributed by atoms with Crippen LogP contribution in [0.25, 0.3) is 0 Å². The summed E-state index contributed by atoms with van der Waals surface area (Å²) < 4.78 is 13.3. The van der Waals surface area contributed by atoms with Crippen LogP contribution in [0.3, 0.4) is 0 Å². The van der Waals surface area contributed by atoms with E-state index in [1.807, 2.05) is 0 Å². The molecule has 6 heteroatoms. The second-order valence-corrected chi connectivity index (χ2v) is 3.63. The van der Waals surface area contributed by atoms with Crippen LogP contribution in [0, 0.1) is 5.82 Å². The van der Waals surface area contributed by atoms with E-state index in [1.165, 1.54) is 11.0 Å². The molecule has 92 valence electrons. The molecule has 0 atom stereocenters. The molecule has 0 aliphatic carbocycles. The summed E-state index contributed by atoms with van der Waals surface area (Å²) in [6, 6.07) is 3.19. The van der Waals surface area contributed by atoms with Crippen LogP contribution < -0.4 is 5.32 Å². The third-order valence-corrected chi connectivity index (χ3v) is 2.10. The van der Waals surface area contributed by atoms with Gasteiger partial charge in [0, 0.05) is 20.2 Å². The normalized spacial score (nSPS) is 9.82. The number of carbonyl (C=O) groups excluding carboxylic acids is 2. The zero-order chi connectivity index (χ0) is 13.0. The van der Waals surface area contributed by atoms with Crippen molar-refractivity contribution in [3.05, 3.63) is 29.6 Å². The zero-order valence-corrected chi connectivity index (χ0v) is 9.53. The molecule has 17 heavy (non-hydrogen) atoms. The van der Waals surface area contributed by atoms with E-state index in [0.29, 0.717) is 0 Å². The number of carbonyl (C=O) groups is 2. The molecule has 0 heterocycles. The standard InChI is InChI=1S/C11H13FN2O3/c1-14(2)10(16)6-13-11(17)8-4-3-7(15)5-9(8)12/h3-5,15H,6H2,1-2H3,(H,13,17). The number of nitrogens with zero attached hydrogens (tertiary/aromatic N) is 1. The minimum atomic E-state index is -0.834. The summed E-state index contributed by atoms with van der Waals surface area (Å²) in [5.74, 6) is -2.08. The van der Waals surface area contributed by atoms with Gasteiger partial charge in [-0.05, 0) is 12.1 Å². The fourth-order valence-corrected chi connectivity index (χ4v) is 1.10. The van der Waals surface area contributed by atoms with Crippen LogP contribution in [0.4, 0.5) is 4.39 Å². The van der Waals surface area contributed by atoms with Gasteiger partial charge in [-0.3, -0.25) is 9.59 Å². The topological polar surface area (TPSA) is 69.6 Å². The van der Waals surface area contributed by atoms with Gasteiger partial charge in [0.2, 0.25) is 5.91 Å². The molecule has 0 fully saturated rings. The number of likely N-dealkylation sites (N-methyl/N-ethyl adjacent to an activating group) is 1. The lowest BCUT2D eigenvalue weighted by Crippen LogP contribution is -2.36. The van der Waals surface area contributed by atoms with Gasteiger partial charge in [-0.25, -0.2) is 4.39 Å². The third-order valence-electron chi connectivity index (χ3n) is 2.10. The molecule has 0 saturated carbocycles. The first-order valence-corrected chi connectivity index (χ1v) is 4.88. The Morgan fingerprint density at radius 2 is 2.06 bits per heavy atom. The van der Waals surface area contributed by atoms with E-state index in [2.05, 4.69) is 5.32 Å². The summed E-state index contributed by atoms with van der Waals surface area (Å²) in [7, 11) is 3.10. The predicted octanol–water partition coefficient (Wildman–Crippen LogP) is 0.349. The number of amides is 2. The molecule has 1 aromatic rings. The van der Waals surface area contributed by atoms with Crippen molar-refractivity contribution in [1.29, 1.82) is 0 Å². The second kappa shape index (κ2) is 5.29. The number of phenols is 1. The Labute approximate surface area is 97.8 Å². The summed E-state index contributed by atoms with van der Waals surface area (Å²) in [6.45, 7) is -0.202. The van der Waals surface area contributed by atoms with Crippen LogP contribution in [-0.2, 0) is 4.79 Å². The smallest absolute Gasteiger partial charge is 0.254 e. The molecule has 0 aromatic heterocycles. The monoisotopic (exact) mass is 240 g/mol. The van der Waals surface area contributed by atoms with E-state index < -0.39 is 11.7 Å². The lowest BCUT2D eigenvalue weighted by molar-refractivity contribution is -0.127. The first-order chi connectivity index (χ1) is 7.91. The van der Waals surface area contributed by atoms with Gasteiger partial charge in [0.1, 0.15) is 11.6 Å². The number of rotatable bonds is 3. The molecule has 0 bridgehead atoms. The quantitative estimate of drug-likeness (QED) is 0.801. The molecule has 0 spiro atoms. The highest BCUT2D eigenvalue weighted by molar-refractivity contribution is 5.96. The van der Waals surface area contributed by atoms with E-state index in [-0.39, 0.29) is 23.8 Å². The molecule has 0 radical (unpaired) electrons. The van der Waals surface area contributed by atoms with Crippen molar-refractivity contribution in [2.45, 2.75) is 0 Å². The van der Waals surface area contributed by atoms with Gasteiger partial charge in [-0.2, -0.15) is 0 Å². The van der Waals surface area contributed by atoms with Gasteiger partial charge in [0.25, 0.3) is 5.91 Å². The zero-order valence-electron chi connectivity index (χ0n) is 9.53. The van der Waals surface area contributed by atoms with Crippen LogP contribution in [0.1, 0.15) is 10.4 Å². The highest BCUT2D eigenvalue weighted by atomic mass is 19.1. The number of hydrogen-bond acceptors (Lipinski definition) is 3. The maximum atomic E-state index is 13.3. The molecule has 2 N–H and O–H groups in total. The van der Waals surface area contributed by atoms with Gasteiger partial charge < -0.3 is 15.3 Å². The first-order valence-electron chi connectivity index (χ1n) is 4.88. The maximum absolute atomic E-state index is 13.3. The molecule has 0 saturated heterocycles. The lowest BCUT2D eigenvalue weighted by atomic mass is 10.2. The fraction of sp³-hybridized carbons (Fsp3) is 0.273. The Kier molecular flexibility index (Phi) is 4.03. The van der Waals surface area contributed by atoms with Crippen LogP contribution in [0.5, 0.6) is 5.75 Å². The second-order valence-electron chi connectivity index (χ2n) is 3.63. The van der Waals surface area contributed by atoms with Crippen LogP contribution in [-0.4, -0.2) is 42.5 Å². The van der Waals surface area contributed by atoms with Gasteiger partial charge in [-0.1, -0.05) is 0 Å². The van der Waals surface area contributed by atoms with Crippen molar-refractivity contribution in [2.75, 3.05) is 20.6 Å². The van der Waals surface area contributed by atoms with Crippen molar-refractivity contribution in [3.8, 4) is 5.75 Å². The van der Waals surface area contributed by atoms with Crippen molar-refractivity contribution < 1.29 is 19.1 Å². The average molecular weight is 240 g/mol. The summed E-state index contributed by atoms with van der Waals surface area (Å²) >= 11 is 0. The Bertz CT molecular complexity index is 446. The Balaban J connectivity index is 2.68. The number of nitrogens with one attached hydrogen (secondary N) is 1. The molecule has 0 aliphatic rings. The summed E-state index contributed by atoms with van der Waals surface area (Å²) in [5, 5.41) is 11.3. The van der Waals surface area contributed by atoms with Gasteiger partial charge in [0.05, 0.1) is 12.1 Å². The van der Waals surface area contributed by atoms with E-state index in [4.69, 9.17) is 5.11 Å². The van der Waals surface area contributed by atoms with Crippen molar-refractivity contribution in [2.24, 2.45) is 0 Å². The van der Waals surface area contributed by atoms with Crippen LogP contribution >= 0.6 is 0 Å². The minimum Gasteiger partial charge on any atom is -0.508 e. The largest absolute Gasteiger partial charge is 0.508 e. The van der Waals surface area contributed by atoms with Gasteiger partial charge in [0.15, 0.2) is 0 Å². The minimum absolute atomic E-state index is 0.202. The van der Waals surface area contributed by atoms with E-state index in [9.17, 15) is 14.0 Å². The molecule has 2 amide bonds. The Morgan fingerprint density at radius 3 is 2.59 bits per heavy atom. The lowest BCUT2D eigenvalue weighted by Gasteiger charge is -2.11. The predicted molar refractivity (Wildman–Crippen MR) is 59.1 cm³/mol. The first kappa shape index (κ1) is 13.0. The van der Waals surface area contributed by atoms with E-state index >= 15 is 0 Å². The van der Waals surface area contributed by atoms with Crippen molar-refractivity contribution >= 4 is 11.8 Å². The van der Waals surface area contributed by atoms with Crippen LogP contribution in [0.2, 0.25) is 0 Å². The highest BCUT2D eigenvalue weighted by Crippen LogP contribution is 2.14. The van der Waals surface area contributed by atoms with E-state index in [1.54, 1.807) is 14.1 Å². The number of hydrogen-bond donors (Lipinski definition) is 2. The van der Waals surface area contributed by atoms with E-state index in [0.717, 1.165) is 12.1 Å². The third kappa shape index (κ3) is 3.44.